The molecule has 3 heterocycles. The normalized spacial score (nSPS) is 17.2. The number of aliphatic hydroxyl groups excluding tert-OH is 1. The number of fused-ring (bicyclic) bond motifs is 1. The summed E-state index contributed by atoms with van der Waals surface area (Å²) in [6, 6.07) is 14.7. The minimum atomic E-state index is -0.879. The molecule has 1 saturated heterocycles. The van der Waals surface area contributed by atoms with E-state index in [9.17, 15) is 14.7 Å². The molecule has 0 aliphatic carbocycles. The van der Waals surface area contributed by atoms with E-state index in [4.69, 9.17) is 9.47 Å². The van der Waals surface area contributed by atoms with Crippen molar-refractivity contribution in [2.45, 2.75) is 13.0 Å². The number of hydrogen-bond acceptors (Lipinski definition) is 8. The molecule has 1 atom stereocenters. The third kappa shape index (κ3) is 4.00. The van der Waals surface area contributed by atoms with Crippen molar-refractivity contribution in [1.29, 1.82) is 0 Å². The van der Waals surface area contributed by atoms with Crippen LogP contribution in [0.4, 0.5) is 5.13 Å². The zero-order valence-corrected chi connectivity index (χ0v) is 19.8. The van der Waals surface area contributed by atoms with Crippen molar-refractivity contribution in [1.82, 2.24) is 9.97 Å². The molecule has 4 aromatic rings. The first-order chi connectivity index (χ1) is 17.0. The predicted octanol–water partition coefficient (Wildman–Crippen LogP) is 4.72. The molecule has 1 unspecified atom stereocenters. The summed E-state index contributed by atoms with van der Waals surface area (Å²) >= 11 is 1.27. The number of carbonyl (C=O) groups is 2. The monoisotopic (exact) mass is 487 g/mol. The summed E-state index contributed by atoms with van der Waals surface area (Å²) < 4.78 is 11.6. The van der Waals surface area contributed by atoms with E-state index in [-0.39, 0.29) is 11.3 Å². The van der Waals surface area contributed by atoms with Crippen LogP contribution < -0.4 is 14.4 Å². The molecule has 1 amide bonds. The molecule has 0 saturated carbocycles. The van der Waals surface area contributed by atoms with Crippen molar-refractivity contribution in [3.05, 3.63) is 83.7 Å². The van der Waals surface area contributed by atoms with Gasteiger partial charge in [-0.1, -0.05) is 23.5 Å². The SMILES string of the molecule is CCOc1cccc(C(O)=C2C(=O)C(=O)N(c3nc4ccc(OC)cc4s3)C2c2ccncc2)c1. The number of methoxy groups -OCH3 is 1. The second-order valence-corrected chi connectivity index (χ2v) is 8.75. The van der Waals surface area contributed by atoms with Crippen LogP contribution in [0.5, 0.6) is 11.5 Å². The fourth-order valence-electron chi connectivity index (χ4n) is 4.07. The highest BCUT2D eigenvalue weighted by Gasteiger charge is 2.48. The molecule has 35 heavy (non-hydrogen) atoms. The van der Waals surface area contributed by atoms with E-state index >= 15 is 0 Å². The highest BCUT2D eigenvalue weighted by atomic mass is 32.1. The predicted molar refractivity (Wildman–Crippen MR) is 133 cm³/mol. The largest absolute Gasteiger partial charge is 0.507 e. The number of carbonyl (C=O) groups excluding carboxylic acids is 2. The second-order valence-electron chi connectivity index (χ2n) is 7.74. The molecule has 0 spiro atoms. The zero-order valence-electron chi connectivity index (χ0n) is 19.0. The Hall–Kier alpha value is -4.24. The van der Waals surface area contributed by atoms with Crippen LogP contribution in [0.3, 0.4) is 0 Å². The van der Waals surface area contributed by atoms with Crippen LogP contribution in [0.2, 0.25) is 0 Å². The van der Waals surface area contributed by atoms with E-state index in [2.05, 4.69) is 9.97 Å². The van der Waals surface area contributed by atoms with Crippen molar-refractivity contribution in [3.63, 3.8) is 0 Å². The van der Waals surface area contributed by atoms with Crippen molar-refractivity contribution in [3.8, 4) is 11.5 Å². The number of nitrogens with zero attached hydrogens (tertiary/aromatic N) is 3. The number of anilines is 1. The van der Waals surface area contributed by atoms with Crippen molar-refractivity contribution < 1.29 is 24.2 Å². The molecule has 1 aliphatic rings. The van der Waals surface area contributed by atoms with Gasteiger partial charge in [0.1, 0.15) is 17.3 Å². The topological polar surface area (TPSA) is 102 Å². The number of amides is 1. The van der Waals surface area contributed by atoms with Gasteiger partial charge < -0.3 is 14.6 Å². The first kappa shape index (κ1) is 22.5. The number of ketones is 1. The number of benzene rings is 2. The molecule has 5 rings (SSSR count). The Labute approximate surface area is 205 Å². The molecule has 8 nitrogen and oxygen atoms in total. The highest BCUT2D eigenvalue weighted by molar-refractivity contribution is 7.22. The van der Waals surface area contributed by atoms with Crippen LogP contribution in [0.25, 0.3) is 16.0 Å². The Morgan fingerprint density at radius 1 is 1.09 bits per heavy atom. The summed E-state index contributed by atoms with van der Waals surface area (Å²) in [6.45, 7) is 2.31. The summed E-state index contributed by atoms with van der Waals surface area (Å²) in [7, 11) is 1.58. The standard InChI is InChI=1S/C26H21N3O5S/c1-3-34-18-6-4-5-16(13-18)23(30)21-22(15-9-11-27-12-10-15)29(25(32)24(21)31)26-28-19-8-7-17(33-2)14-20(19)35-26/h4-14,22,30H,3H2,1-2H3. The van der Waals surface area contributed by atoms with Crippen molar-refractivity contribution >= 4 is 44.1 Å². The molecular weight excluding hydrogens is 466 g/mol. The summed E-state index contributed by atoms with van der Waals surface area (Å²) in [5.74, 6) is -0.624. The molecular formula is C26H21N3O5S. The molecule has 0 radical (unpaired) electrons. The van der Waals surface area contributed by atoms with E-state index < -0.39 is 17.7 Å². The molecule has 2 aromatic heterocycles. The lowest BCUT2D eigenvalue weighted by Crippen LogP contribution is -2.29. The van der Waals surface area contributed by atoms with Crippen molar-refractivity contribution in [2.24, 2.45) is 0 Å². The Kier molecular flexibility index (Phi) is 5.92. The van der Waals surface area contributed by atoms with Gasteiger partial charge in [-0.3, -0.25) is 19.5 Å². The van der Waals surface area contributed by atoms with Gasteiger partial charge in [-0.15, -0.1) is 0 Å². The Morgan fingerprint density at radius 3 is 2.63 bits per heavy atom. The fourth-order valence-corrected chi connectivity index (χ4v) is 5.09. The van der Waals surface area contributed by atoms with Gasteiger partial charge in [-0.2, -0.15) is 0 Å². The number of ether oxygens (including phenoxy) is 2. The number of rotatable bonds is 6. The minimum absolute atomic E-state index is 0.0216. The summed E-state index contributed by atoms with van der Waals surface area (Å²) in [6.07, 6.45) is 3.16. The van der Waals surface area contributed by atoms with Gasteiger partial charge in [0.25, 0.3) is 5.78 Å². The number of hydrogen-bond donors (Lipinski definition) is 1. The van der Waals surface area contributed by atoms with Crippen LogP contribution in [0.15, 0.2) is 72.6 Å². The van der Waals surface area contributed by atoms with E-state index in [0.29, 0.717) is 39.9 Å². The lowest BCUT2D eigenvalue weighted by molar-refractivity contribution is -0.132. The van der Waals surface area contributed by atoms with Crippen molar-refractivity contribution in [2.75, 3.05) is 18.6 Å². The van der Waals surface area contributed by atoms with Crippen LogP contribution in [-0.2, 0) is 9.59 Å². The Balaban J connectivity index is 1.69. The first-order valence-electron chi connectivity index (χ1n) is 10.9. The summed E-state index contributed by atoms with van der Waals surface area (Å²) in [5.41, 5.74) is 1.65. The van der Waals surface area contributed by atoms with E-state index in [0.717, 1.165) is 4.70 Å². The molecule has 1 aliphatic heterocycles. The summed E-state index contributed by atoms with van der Waals surface area (Å²) in [5, 5.41) is 11.6. The quantitative estimate of drug-likeness (QED) is 0.238. The zero-order chi connectivity index (χ0) is 24.5. The van der Waals surface area contributed by atoms with Gasteiger partial charge in [0, 0.05) is 18.0 Å². The maximum absolute atomic E-state index is 13.3. The number of aromatic nitrogens is 2. The van der Waals surface area contributed by atoms with Gasteiger partial charge in [0.15, 0.2) is 5.13 Å². The Bertz CT molecular complexity index is 1460. The van der Waals surface area contributed by atoms with Crippen LogP contribution >= 0.6 is 11.3 Å². The maximum Gasteiger partial charge on any atom is 0.301 e. The lowest BCUT2D eigenvalue weighted by atomic mass is 9.96. The van der Waals surface area contributed by atoms with E-state index in [1.807, 2.05) is 13.0 Å². The first-order valence-corrected chi connectivity index (χ1v) is 11.7. The second kappa shape index (κ2) is 9.19. The highest BCUT2D eigenvalue weighted by Crippen LogP contribution is 2.44. The average Bonchev–Trinajstić information content (AvgIpc) is 3.42. The number of Topliss-reactive ketones (excluding diaryl/α,β-unsaturated/α-hetero) is 1. The number of aliphatic hydroxyl groups is 1. The van der Waals surface area contributed by atoms with Crippen LogP contribution in [0, 0.1) is 0 Å². The molecule has 2 aromatic carbocycles. The summed E-state index contributed by atoms with van der Waals surface area (Å²) in [4.78, 5) is 36.7. The van der Waals surface area contributed by atoms with Crippen LogP contribution in [0.1, 0.15) is 24.1 Å². The molecule has 1 N–H and O–H groups in total. The third-order valence-electron chi connectivity index (χ3n) is 5.68. The Morgan fingerprint density at radius 2 is 1.89 bits per heavy atom. The lowest BCUT2D eigenvalue weighted by Gasteiger charge is -2.22. The molecule has 1 fully saturated rings. The third-order valence-corrected chi connectivity index (χ3v) is 6.69. The van der Waals surface area contributed by atoms with Gasteiger partial charge in [-0.25, -0.2) is 4.98 Å². The molecule has 176 valence electrons. The maximum atomic E-state index is 13.3. The number of pyridine rings is 1. The fraction of sp³-hybridized carbons (Fsp3) is 0.154. The smallest absolute Gasteiger partial charge is 0.301 e. The molecule has 0 bridgehead atoms. The van der Waals surface area contributed by atoms with Gasteiger partial charge in [0.2, 0.25) is 0 Å². The van der Waals surface area contributed by atoms with Crippen LogP contribution in [-0.4, -0.2) is 40.5 Å². The van der Waals surface area contributed by atoms with E-state index in [1.165, 1.54) is 16.2 Å². The number of thiazole rings is 1. The minimum Gasteiger partial charge on any atom is -0.507 e. The van der Waals surface area contributed by atoms with Gasteiger partial charge in [-0.05, 0) is 55.0 Å². The average molecular weight is 488 g/mol. The van der Waals surface area contributed by atoms with E-state index in [1.54, 1.807) is 68.0 Å². The van der Waals surface area contributed by atoms with Gasteiger partial charge >= 0.3 is 5.91 Å². The van der Waals surface area contributed by atoms with Gasteiger partial charge in [0.05, 0.1) is 35.5 Å². The molecule has 9 heteroatoms.